The number of rotatable bonds is 8. The highest BCUT2D eigenvalue weighted by Crippen LogP contribution is 2.33. The molecule has 1 N–H and O–H groups in total. The van der Waals surface area contributed by atoms with Gasteiger partial charge in [-0.1, -0.05) is 57.9 Å². The Hall–Kier alpha value is -2.88. The number of ether oxygens (including phenoxy) is 2. The molecule has 1 aliphatic rings. The van der Waals surface area contributed by atoms with Crippen LogP contribution in [0.4, 0.5) is 5.69 Å². The highest BCUT2D eigenvalue weighted by molar-refractivity contribution is 9.10. The van der Waals surface area contributed by atoms with E-state index in [9.17, 15) is 9.59 Å². The summed E-state index contributed by atoms with van der Waals surface area (Å²) < 4.78 is 13.6. The molecular formula is C25H26BrClN4O4. The van der Waals surface area contributed by atoms with Gasteiger partial charge in [0, 0.05) is 23.6 Å². The van der Waals surface area contributed by atoms with Crippen molar-refractivity contribution >= 4 is 45.1 Å². The SMILES string of the molecule is CCOC(=O)c1nn(Cc2ccccc2)c(Cl)c1CCN[C@H]1COc2cc(Br)ccc2N(C)C1=O. The minimum atomic E-state index is -0.560. The van der Waals surface area contributed by atoms with Crippen molar-refractivity contribution < 1.29 is 19.1 Å². The summed E-state index contributed by atoms with van der Waals surface area (Å²) in [7, 11) is 1.72. The molecule has 0 bridgehead atoms. The molecule has 2 heterocycles. The molecule has 184 valence electrons. The molecule has 0 aliphatic carbocycles. The van der Waals surface area contributed by atoms with Crippen LogP contribution in [0.25, 0.3) is 0 Å². The maximum Gasteiger partial charge on any atom is 0.359 e. The third-order valence-electron chi connectivity index (χ3n) is 5.71. The fraction of sp³-hybridized carbons (Fsp3) is 0.320. The average molecular weight is 562 g/mol. The van der Waals surface area contributed by atoms with E-state index in [4.69, 9.17) is 21.1 Å². The van der Waals surface area contributed by atoms with Gasteiger partial charge in [0.2, 0.25) is 5.91 Å². The predicted octanol–water partition coefficient (Wildman–Crippen LogP) is 4.08. The van der Waals surface area contributed by atoms with Gasteiger partial charge in [-0.15, -0.1) is 0 Å². The second kappa shape index (κ2) is 11.2. The number of nitrogens with zero attached hydrogens (tertiary/aromatic N) is 3. The lowest BCUT2D eigenvalue weighted by Crippen LogP contribution is -2.47. The molecule has 8 nitrogen and oxygen atoms in total. The maximum absolute atomic E-state index is 13.0. The van der Waals surface area contributed by atoms with Crippen molar-refractivity contribution in [3.63, 3.8) is 0 Å². The number of hydrogen-bond acceptors (Lipinski definition) is 6. The Bertz CT molecular complexity index is 1220. The molecule has 1 aromatic heterocycles. The number of benzene rings is 2. The van der Waals surface area contributed by atoms with Gasteiger partial charge in [-0.3, -0.25) is 4.79 Å². The third-order valence-corrected chi connectivity index (χ3v) is 6.63. The molecule has 1 atom stereocenters. The van der Waals surface area contributed by atoms with Crippen LogP contribution in [-0.4, -0.2) is 54.5 Å². The molecule has 35 heavy (non-hydrogen) atoms. The lowest BCUT2D eigenvalue weighted by atomic mass is 10.1. The summed E-state index contributed by atoms with van der Waals surface area (Å²) in [5.74, 6) is 0.00256. The minimum absolute atomic E-state index is 0.109. The van der Waals surface area contributed by atoms with Crippen molar-refractivity contribution in [3.05, 3.63) is 75.0 Å². The molecule has 3 aromatic rings. The molecule has 0 saturated carbocycles. The van der Waals surface area contributed by atoms with Crippen LogP contribution in [-0.2, 0) is 22.5 Å². The Morgan fingerprint density at radius 3 is 2.80 bits per heavy atom. The maximum atomic E-state index is 13.0. The summed E-state index contributed by atoms with van der Waals surface area (Å²) in [6, 6.07) is 14.7. The van der Waals surface area contributed by atoms with E-state index in [0.29, 0.717) is 41.7 Å². The van der Waals surface area contributed by atoms with Gasteiger partial charge in [-0.2, -0.15) is 5.10 Å². The third kappa shape index (κ3) is 5.69. The fourth-order valence-corrected chi connectivity index (χ4v) is 4.54. The van der Waals surface area contributed by atoms with E-state index in [1.54, 1.807) is 23.6 Å². The van der Waals surface area contributed by atoms with Gasteiger partial charge in [0.25, 0.3) is 0 Å². The monoisotopic (exact) mass is 560 g/mol. The molecule has 0 unspecified atom stereocenters. The van der Waals surface area contributed by atoms with Crippen LogP contribution in [0, 0.1) is 0 Å². The first kappa shape index (κ1) is 25.2. The summed E-state index contributed by atoms with van der Waals surface area (Å²) in [6.45, 7) is 2.96. The quantitative estimate of drug-likeness (QED) is 0.417. The molecular weight excluding hydrogens is 536 g/mol. The molecule has 0 radical (unpaired) electrons. The normalized spacial score (nSPS) is 15.4. The van der Waals surface area contributed by atoms with Crippen LogP contribution in [0.1, 0.15) is 28.5 Å². The number of nitrogens with one attached hydrogen (secondary N) is 1. The molecule has 4 rings (SSSR count). The van der Waals surface area contributed by atoms with E-state index in [0.717, 1.165) is 10.0 Å². The predicted molar refractivity (Wildman–Crippen MR) is 137 cm³/mol. The van der Waals surface area contributed by atoms with Gasteiger partial charge < -0.3 is 19.7 Å². The number of likely N-dealkylation sites (N-methyl/N-ethyl adjacent to an activating group) is 1. The van der Waals surface area contributed by atoms with Crippen LogP contribution >= 0.6 is 27.5 Å². The Morgan fingerprint density at radius 1 is 1.29 bits per heavy atom. The van der Waals surface area contributed by atoms with E-state index in [1.165, 1.54) is 0 Å². The van der Waals surface area contributed by atoms with Crippen molar-refractivity contribution in [1.29, 1.82) is 0 Å². The summed E-state index contributed by atoms with van der Waals surface area (Å²) in [4.78, 5) is 27.2. The van der Waals surface area contributed by atoms with Crippen molar-refractivity contribution in [3.8, 4) is 5.75 Å². The van der Waals surface area contributed by atoms with Gasteiger partial charge in [-0.05, 0) is 37.1 Å². The van der Waals surface area contributed by atoms with Gasteiger partial charge in [-0.25, -0.2) is 9.48 Å². The zero-order chi connectivity index (χ0) is 24.9. The number of amides is 1. The van der Waals surface area contributed by atoms with Crippen molar-refractivity contribution in [2.45, 2.75) is 25.9 Å². The number of halogens is 2. The number of fused-ring (bicyclic) bond motifs is 1. The number of esters is 1. The number of aromatic nitrogens is 2. The minimum Gasteiger partial charge on any atom is -0.489 e. The largest absolute Gasteiger partial charge is 0.489 e. The fourth-order valence-electron chi connectivity index (χ4n) is 3.92. The highest BCUT2D eigenvalue weighted by Gasteiger charge is 2.30. The Balaban J connectivity index is 1.48. The summed E-state index contributed by atoms with van der Waals surface area (Å²) in [5, 5.41) is 8.06. The van der Waals surface area contributed by atoms with Gasteiger partial charge in [0.15, 0.2) is 5.69 Å². The summed E-state index contributed by atoms with van der Waals surface area (Å²) in [6.07, 6.45) is 0.383. The van der Waals surface area contributed by atoms with E-state index < -0.39 is 12.0 Å². The molecule has 2 aromatic carbocycles. The van der Waals surface area contributed by atoms with Crippen LogP contribution in [0.3, 0.4) is 0 Å². The van der Waals surface area contributed by atoms with Gasteiger partial charge >= 0.3 is 5.97 Å². The van der Waals surface area contributed by atoms with Crippen LogP contribution in [0.2, 0.25) is 5.15 Å². The Morgan fingerprint density at radius 2 is 2.06 bits per heavy atom. The number of anilines is 1. The Kier molecular flexibility index (Phi) is 8.10. The molecule has 0 fully saturated rings. The van der Waals surface area contributed by atoms with E-state index in [-0.39, 0.29) is 24.8 Å². The van der Waals surface area contributed by atoms with Crippen LogP contribution in [0.5, 0.6) is 5.75 Å². The van der Waals surface area contributed by atoms with Gasteiger partial charge in [0.1, 0.15) is 23.6 Å². The highest BCUT2D eigenvalue weighted by atomic mass is 79.9. The van der Waals surface area contributed by atoms with E-state index >= 15 is 0 Å². The molecule has 10 heteroatoms. The second-order valence-corrected chi connectivity index (χ2v) is 9.33. The molecule has 0 spiro atoms. The Labute approximate surface area is 217 Å². The molecule has 1 aliphatic heterocycles. The average Bonchev–Trinajstić information content (AvgIpc) is 3.10. The topological polar surface area (TPSA) is 85.7 Å². The molecule has 1 amide bonds. The lowest BCUT2D eigenvalue weighted by molar-refractivity contribution is -0.120. The van der Waals surface area contributed by atoms with Crippen molar-refractivity contribution in [2.24, 2.45) is 0 Å². The zero-order valence-corrected chi connectivity index (χ0v) is 21.8. The van der Waals surface area contributed by atoms with Gasteiger partial charge in [0.05, 0.1) is 18.8 Å². The lowest BCUT2D eigenvalue weighted by Gasteiger charge is -2.20. The van der Waals surface area contributed by atoms with E-state index in [2.05, 4.69) is 26.3 Å². The standard InChI is InChI=1S/C25H26BrClN4O4/c1-3-34-25(33)22-18(23(27)31(29-22)14-16-7-5-4-6-8-16)11-12-28-19-15-35-21-13-17(26)9-10-20(21)30(2)24(19)32/h4-10,13,19,28H,3,11-12,14-15H2,1-2H3/t19-/m0/s1. The first-order valence-electron chi connectivity index (χ1n) is 11.3. The number of carbonyl (C=O) groups excluding carboxylic acids is 2. The first-order valence-corrected chi connectivity index (χ1v) is 12.5. The zero-order valence-electron chi connectivity index (χ0n) is 19.5. The van der Waals surface area contributed by atoms with Crippen LogP contribution in [0.15, 0.2) is 53.0 Å². The number of carbonyl (C=O) groups is 2. The smallest absolute Gasteiger partial charge is 0.359 e. The van der Waals surface area contributed by atoms with E-state index in [1.807, 2.05) is 48.5 Å². The van der Waals surface area contributed by atoms with Crippen LogP contribution < -0.4 is 15.0 Å². The van der Waals surface area contributed by atoms with Crippen molar-refractivity contribution in [2.75, 3.05) is 31.7 Å². The number of hydrogen-bond donors (Lipinski definition) is 1. The second-order valence-electron chi connectivity index (χ2n) is 8.06. The first-order chi connectivity index (χ1) is 16.9. The van der Waals surface area contributed by atoms with Crippen molar-refractivity contribution in [1.82, 2.24) is 15.1 Å². The molecule has 0 saturated heterocycles. The summed E-state index contributed by atoms with van der Waals surface area (Å²) in [5.41, 5.74) is 2.48. The summed E-state index contributed by atoms with van der Waals surface area (Å²) >= 11 is 10.1.